The molecule has 0 aliphatic rings. The van der Waals surface area contributed by atoms with Gasteiger partial charge in [-0.2, -0.15) is 0 Å². The molecular formula is C12H14O4. The summed E-state index contributed by atoms with van der Waals surface area (Å²) in [5, 5.41) is 0. The first-order valence-electron chi connectivity index (χ1n) is 5.13. The maximum atomic E-state index is 11.2. The minimum Gasteiger partial charge on any atom is -0.486 e. The maximum Gasteiger partial charge on any atom is 0.311 e. The second-order valence-corrected chi connectivity index (χ2v) is 3.17. The van der Waals surface area contributed by atoms with Crippen molar-refractivity contribution in [2.24, 2.45) is 0 Å². The van der Waals surface area contributed by atoms with Crippen LogP contribution in [0.4, 0.5) is 0 Å². The van der Waals surface area contributed by atoms with Crippen molar-refractivity contribution in [2.45, 2.75) is 19.8 Å². The first-order valence-corrected chi connectivity index (χ1v) is 5.13. The molecule has 1 aromatic rings. The highest BCUT2D eigenvalue weighted by molar-refractivity contribution is 5.72. The van der Waals surface area contributed by atoms with Gasteiger partial charge in [-0.3, -0.25) is 9.59 Å². The normalized spacial score (nSPS) is 9.56. The van der Waals surface area contributed by atoms with Gasteiger partial charge in [-0.25, -0.2) is 0 Å². The largest absolute Gasteiger partial charge is 0.486 e. The zero-order valence-corrected chi connectivity index (χ0v) is 9.14. The van der Waals surface area contributed by atoms with Crippen LogP contribution in [0.25, 0.3) is 0 Å². The Kier molecular flexibility index (Phi) is 5.05. The van der Waals surface area contributed by atoms with Gasteiger partial charge in [0.1, 0.15) is 18.1 Å². The van der Waals surface area contributed by atoms with E-state index in [2.05, 4.69) is 0 Å². The predicted molar refractivity (Wildman–Crippen MR) is 58.5 cm³/mol. The molecule has 0 unspecified atom stereocenters. The molecule has 0 spiro atoms. The highest BCUT2D eigenvalue weighted by Gasteiger charge is 2.03. The van der Waals surface area contributed by atoms with Gasteiger partial charge >= 0.3 is 5.97 Å². The third-order valence-electron chi connectivity index (χ3n) is 1.83. The van der Waals surface area contributed by atoms with Gasteiger partial charge in [-0.15, -0.1) is 0 Å². The summed E-state index contributed by atoms with van der Waals surface area (Å²) in [4.78, 5) is 21.2. The zero-order chi connectivity index (χ0) is 11.8. The molecule has 0 saturated heterocycles. The summed E-state index contributed by atoms with van der Waals surface area (Å²) in [5.41, 5.74) is 0. The number of benzene rings is 1. The number of esters is 1. The summed E-state index contributed by atoms with van der Waals surface area (Å²) in [6.07, 6.45) is 1.85. The molecule has 0 aliphatic heterocycles. The van der Waals surface area contributed by atoms with Crippen molar-refractivity contribution in [1.82, 2.24) is 0 Å². The van der Waals surface area contributed by atoms with Crippen molar-refractivity contribution in [2.75, 3.05) is 6.61 Å². The van der Waals surface area contributed by atoms with Crippen molar-refractivity contribution >= 4 is 12.3 Å². The SMILES string of the molecule is CCCC(=O)Oc1ccc(OCC=O)cc1. The Hall–Kier alpha value is -1.84. The van der Waals surface area contributed by atoms with E-state index in [-0.39, 0.29) is 12.6 Å². The Morgan fingerprint density at radius 2 is 1.88 bits per heavy atom. The molecule has 0 bridgehead atoms. The smallest absolute Gasteiger partial charge is 0.311 e. The zero-order valence-electron chi connectivity index (χ0n) is 9.14. The summed E-state index contributed by atoms with van der Waals surface area (Å²) >= 11 is 0. The molecule has 0 aromatic heterocycles. The average molecular weight is 222 g/mol. The third kappa shape index (κ3) is 4.13. The van der Waals surface area contributed by atoms with Crippen molar-refractivity contribution in [3.8, 4) is 11.5 Å². The van der Waals surface area contributed by atoms with Crippen molar-refractivity contribution < 1.29 is 19.1 Å². The Balaban J connectivity index is 2.50. The fourth-order valence-corrected chi connectivity index (χ4v) is 1.12. The fraction of sp³-hybridized carbons (Fsp3) is 0.333. The van der Waals surface area contributed by atoms with Crippen LogP contribution in [0.3, 0.4) is 0 Å². The Morgan fingerprint density at radius 3 is 2.44 bits per heavy atom. The summed E-state index contributed by atoms with van der Waals surface area (Å²) < 4.78 is 10.1. The van der Waals surface area contributed by atoms with E-state index in [0.717, 1.165) is 6.42 Å². The van der Waals surface area contributed by atoms with Crippen molar-refractivity contribution in [1.29, 1.82) is 0 Å². The average Bonchev–Trinajstić information content (AvgIpc) is 2.28. The molecule has 86 valence electrons. The van der Waals surface area contributed by atoms with Gasteiger partial charge < -0.3 is 9.47 Å². The molecule has 0 aliphatic carbocycles. The number of carbonyl (C=O) groups excluding carboxylic acids is 2. The van der Waals surface area contributed by atoms with E-state index in [1.807, 2.05) is 6.92 Å². The standard InChI is InChI=1S/C12H14O4/c1-2-3-12(14)16-11-6-4-10(5-7-11)15-9-8-13/h4-8H,2-3,9H2,1H3. The molecule has 0 N–H and O–H groups in total. The molecule has 0 saturated carbocycles. The lowest BCUT2D eigenvalue weighted by molar-refractivity contribution is -0.134. The highest BCUT2D eigenvalue weighted by atomic mass is 16.5. The van der Waals surface area contributed by atoms with Crippen LogP contribution >= 0.6 is 0 Å². The summed E-state index contributed by atoms with van der Waals surface area (Å²) in [7, 11) is 0. The van der Waals surface area contributed by atoms with Gasteiger partial charge in [0.05, 0.1) is 0 Å². The van der Waals surface area contributed by atoms with Crippen LogP contribution in [-0.2, 0) is 9.59 Å². The van der Waals surface area contributed by atoms with E-state index in [1.54, 1.807) is 24.3 Å². The number of rotatable bonds is 6. The fourth-order valence-electron chi connectivity index (χ4n) is 1.12. The quantitative estimate of drug-likeness (QED) is 0.419. The van der Waals surface area contributed by atoms with Gasteiger partial charge in [0.2, 0.25) is 0 Å². The molecule has 0 amide bonds. The first-order chi connectivity index (χ1) is 7.76. The topological polar surface area (TPSA) is 52.6 Å². The second kappa shape index (κ2) is 6.61. The lowest BCUT2D eigenvalue weighted by atomic mass is 10.3. The van der Waals surface area contributed by atoms with Gasteiger partial charge in [-0.1, -0.05) is 6.92 Å². The third-order valence-corrected chi connectivity index (χ3v) is 1.83. The molecule has 0 radical (unpaired) electrons. The molecule has 1 aromatic carbocycles. The highest BCUT2D eigenvalue weighted by Crippen LogP contribution is 2.17. The van der Waals surface area contributed by atoms with E-state index >= 15 is 0 Å². The number of ether oxygens (including phenoxy) is 2. The van der Waals surface area contributed by atoms with Crippen LogP contribution in [0.5, 0.6) is 11.5 Å². The van der Waals surface area contributed by atoms with E-state index in [4.69, 9.17) is 9.47 Å². The van der Waals surface area contributed by atoms with Crippen molar-refractivity contribution in [3.05, 3.63) is 24.3 Å². The molecule has 4 heteroatoms. The Bertz CT molecular complexity index is 343. The Labute approximate surface area is 94.2 Å². The van der Waals surface area contributed by atoms with Crippen LogP contribution in [0.15, 0.2) is 24.3 Å². The summed E-state index contributed by atoms with van der Waals surface area (Å²) in [6, 6.07) is 6.57. The molecule has 0 heterocycles. The Morgan fingerprint density at radius 1 is 1.25 bits per heavy atom. The lowest BCUT2D eigenvalue weighted by Crippen LogP contribution is -2.06. The van der Waals surface area contributed by atoms with Crippen LogP contribution in [0.1, 0.15) is 19.8 Å². The molecule has 0 atom stereocenters. The minimum atomic E-state index is -0.246. The van der Waals surface area contributed by atoms with E-state index in [0.29, 0.717) is 24.2 Å². The van der Waals surface area contributed by atoms with Crippen molar-refractivity contribution in [3.63, 3.8) is 0 Å². The molecular weight excluding hydrogens is 208 g/mol. The van der Waals surface area contributed by atoms with Gasteiger partial charge in [0, 0.05) is 6.42 Å². The molecule has 0 fully saturated rings. The van der Waals surface area contributed by atoms with Crippen LogP contribution in [0.2, 0.25) is 0 Å². The van der Waals surface area contributed by atoms with E-state index in [1.165, 1.54) is 0 Å². The van der Waals surface area contributed by atoms with Crippen LogP contribution in [-0.4, -0.2) is 18.9 Å². The van der Waals surface area contributed by atoms with E-state index < -0.39 is 0 Å². The first kappa shape index (κ1) is 12.2. The minimum absolute atomic E-state index is 0.0228. The number of hydrogen-bond donors (Lipinski definition) is 0. The summed E-state index contributed by atoms with van der Waals surface area (Å²) in [5.74, 6) is 0.809. The molecule has 1 rings (SSSR count). The van der Waals surface area contributed by atoms with Crippen LogP contribution < -0.4 is 9.47 Å². The van der Waals surface area contributed by atoms with Gasteiger partial charge in [-0.05, 0) is 30.7 Å². The monoisotopic (exact) mass is 222 g/mol. The second-order valence-electron chi connectivity index (χ2n) is 3.17. The van der Waals surface area contributed by atoms with Gasteiger partial charge in [0.15, 0.2) is 6.29 Å². The number of hydrogen-bond acceptors (Lipinski definition) is 4. The lowest BCUT2D eigenvalue weighted by Gasteiger charge is -2.05. The summed E-state index contributed by atoms with van der Waals surface area (Å²) in [6.45, 7) is 1.94. The predicted octanol–water partition coefficient (Wildman–Crippen LogP) is 1.97. The molecule has 4 nitrogen and oxygen atoms in total. The maximum absolute atomic E-state index is 11.2. The van der Waals surface area contributed by atoms with Crippen LogP contribution in [0, 0.1) is 0 Å². The van der Waals surface area contributed by atoms with Gasteiger partial charge in [0.25, 0.3) is 0 Å². The van der Waals surface area contributed by atoms with E-state index in [9.17, 15) is 9.59 Å². The number of aldehydes is 1. The number of carbonyl (C=O) groups is 2. The molecule has 16 heavy (non-hydrogen) atoms.